The van der Waals surface area contributed by atoms with Gasteiger partial charge in [-0.15, -0.1) is 0 Å². The number of benzene rings is 2. The van der Waals surface area contributed by atoms with Crippen LogP contribution in [0.15, 0.2) is 42.5 Å². The summed E-state index contributed by atoms with van der Waals surface area (Å²) in [6, 6.07) is 14.2. The van der Waals surface area contributed by atoms with Gasteiger partial charge in [0.15, 0.2) is 0 Å². The van der Waals surface area contributed by atoms with Crippen molar-refractivity contribution in [3.63, 3.8) is 0 Å². The predicted octanol–water partition coefficient (Wildman–Crippen LogP) is 5.30. The molecule has 0 aliphatic heterocycles. The smallest absolute Gasteiger partial charge is 0.0577 e. The van der Waals surface area contributed by atoms with E-state index in [9.17, 15) is 0 Å². The summed E-state index contributed by atoms with van der Waals surface area (Å²) < 4.78 is 1.06. The molecule has 2 aromatic rings. The van der Waals surface area contributed by atoms with Crippen LogP contribution >= 0.6 is 45.8 Å². The summed E-state index contributed by atoms with van der Waals surface area (Å²) >= 11 is 14.5. The maximum atomic E-state index is 6.22. The van der Waals surface area contributed by atoms with E-state index in [0.717, 1.165) is 31.3 Å². The first-order valence-corrected chi connectivity index (χ1v) is 7.89. The Bertz CT molecular complexity index is 572. The van der Waals surface area contributed by atoms with Crippen molar-refractivity contribution in [2.24, 2.45) is 0 Å². The minimum Gasteiger partial charge on any atom is -0.307 e. The summed E-state index contributed by atoms with van der Waals surface area (Å²) in [7, 11) is 0. The fourth-order valence-corrected chi connectivity index (χ4v) is 2.73. The average Bonchev–Trinajstić information content (AvgIpc) is 2.39. The number of hydrogen-bond donors (Lipinski definition) is 1. The number of rotatable bonds is 4. The first kappa shape index (κ1) is 15.1. The van der Waals surface area contributed by atoms with Gasteiger partial charge in [-0.2, -0.15) is 0 Å². The van der Waals surface area contributed by atoms with Gasteiger partial charge in [0.05, 0.1) is 11.1 Å². The third kappa shape index (κ3) is 3.85. The highest BCUT2D eigenvalue weighted by atomic mass is 127. The molecule has 0 amide bonds. The second-order valence-electron chi connectivity index (χ2n) is 4.22. The highest BCUT2D eigenvalue weighted by Gasteiger charge is 2.14. The van der Waals surface area contributed by atoms with Crippen LogP contribution in [0.5, 0.6) is 0 Å². The van der Waals surface area contributed by atoms with E-state index in [0.29, 0.717) is 0 Å². The Morgan fingerprint density at radius 1 is 1.11 bits per heavy atom. The molecule has 1 N–H and O–H groups in total. The Morgan fingerprint density at radius 3 is 2.47 bits per heavy atom. The van der Waals surface area contributed by atoms with Gasteiger partial charge in [0.25, 0.3) is 0 Å². The van der Waals surface area contributed by atoms with Crippen LogP contribution < -0.4 is 5.32 Å². The zero-order valence-corrected chi connectivity index (χ0v) is 14.1. The van der Waals surface area contributed by atoms with Crippen LogP contribution in [0.2, 0.25) is 10.0 Å². The molecule has 0 aromatic heterocycles. The molecular weight excluding hydrogens is 392 g/mol. The van der Waals surface area contributed by atoms with Crippen molar-refractivity contribution in [3.8, 4) is 0 Å². The molecule has 100 valence electrons. The fraction of sp³-hybridized carbons (Fsp3) is 0.200. The van der Waals surface area contributed by atoms with Crippen molar-refractivity contribution >= 4 is 45.8 Å². The molecule has 2 aromatic carbocycles. The van der Waals surface area contributed by atoms with Gasteiger partial charge in [-0.05, 0) is 64.5 Å². The summed E-state index contributed by atoms with van der Waals surface area (Å²) in [5, 5.41) is 5.00. The molecule has 1 nitrogen and oxygen atoms in total. The van der Waals surface area contributed by atoms with Crippen LogP contribution in [0.25, 0.3) is 0 Å². The largest absolute Gasteiger partial charge is 0.307 e. The van der Waals surface area contributed by atoms with Gasteiger partial charge in [0.2, 0.25) is 0 Å². The molecule has 0 saturated carbocycles. The Balaban J connectivity index is 2.42. The third-order valence-corrected chi connectivity index (χ3v) is 4.67. The summed E-state index contributed by atoms with van der Waals surface area (Å²) in [5.41, 5.74) is 2.29. The summed E-state index contributed by atoms with van der Waals surface area (Å²) in [5.74, 6) is 0. The number of hydrogen-bond acceptors (Lipinski definition) is 1. The molecule has 0 bridgehead atoms. The van der Waals surface area contributed by atoms with Crippen LogP contribution in [0.3, 0.4) is 0 Å². The Labute approximate surface area is 137 Å². The van der Waals surface area contributed by atoms with Gasteiger partial charge < -0.3 is 5.32 Å². The molecule has 0 saturated heterocycles. The maximum absolute atomic E-state index is 6.22. The summed E-state index contributed by atoms with van der Waals surface area (Å²) in [6.45, 7) is 2.96. The maximum Gasteiger partial charge on any atom is 0.0577 e. The van der Waals surface area contributed by atoms with Gasteiger partial charge in [-0.25, -0.2) is 0 Å². The van der Waals surface area contributed by atoms with Crippen molar-refractivity contribution in [2.45, 2.75) is 13.0 Å². The lowest BCUT2D eigenvalue weighted by Gasteiger charge is -2.19. The molecule has 2 rings (SSSR count). The predicted molar refractivity (Wildman–Crippen MR) is 91.1 cm³/mol. The van der Waals surface area contributed by atoms with Crippen molar-refractivity contribution < 1.29 is 0 Å². The molecule has 1 atom stereocenters. The van der Waals surface area contributed by atoms with Crippen molar-refractivity contribution in [1.82, 2.24) is 5.32 Å². The second kappa shape index (κ2) is 6.93. The zero-order valence-electron chi connectivity index (χ0n) is 10.5. The zero-order chi connectivity index (χ0) is 13.8. The van der Waals surface area contributed by atoms with Gasteiger partial charge in [-0.1, -0.05) is 48.3 Å². The van der Waals surface area contributed by atoms with Crippen molar-refractivity contribution in [2.75, 3.05) is 6.54 Å². The van der Waals surface area contributed by atoms with E-state index in [4.69, 9.17) is 23.2 Å². The summed E-state index contributed by atoms with van der Waals surface area (Å²) in [6.07, 6.45) is 0. The molecule has 1 unspecified atom stereocenters. The molecule has 0 spiro atoms. The Morgan fingerprint density at radius 2 is 1.84 bits per heavy atom. The quantitative estimate of drug-likeness (QED) is 0.680. The van der Waals surface area contributed by atoms with E-state index in [-0.39, 0.29) is 6.04 Å². The molecule has 4 heteroatoms. The Hall–Kier alpha value is -0.290. The van der Waals surface area contributed by atoms with Crippen LogP contribution in [-0.2, 0) is 0 Å². The van der Waals surface area contributed by atoms with E-state index >= 15 is 0 Å². The minimum absolute atomic E-state index is 0.109. The van der Waals surface area contributed by atoms with E-state index in [1.807, 2.05) is 30.3 Å². The fourth-order valence-electron chi connectivity index (χ4n) is 2.01. The second-order valence-corrected chi connectivity index (χ2v) is 6.23. The normalized spacial score (nSPS) is 12.4. The summed E-state index contributed by atoms with van der Waals surface area (Å²) in [4.78, 5) is 0. The van der Waals surface area contributed by atoms with E-state index in [1.54, 1.807) is 0 Å². The highest BCUT2D eigenvalue weighted by Crippen LogP contribution is 2.28. The van der Waals surface area contributed by atoms with Gasteiger partial charge in [0, 0.05) is 8.59 Å². The number of halogens is 3. The van der Waals surface area contributed by atoms with Gasteiger partial charge >= 0.3 is 0 Å². The van der Waals surface area contributed by atoms with E-state index in [2.05, 4.69) is 47.0 Å². The van der Waals surface area contributed by atoms with Crippen molar-refractivity contribution in [3.05, 3.63) is 67.2 Å². The van der Waals surface area contributed by atoms with Gasteiger partial charge in [0.1, 0.15) is 0 Å². The van der Waals surface area contributed by atoms with Crippen LogP contribution in [0.4, 0.5) is 0 Å². The molecule has 0 radical (unpaired) electrons. The highest BCUT2D eigenvalue weighted by molar-refractivity contribution is 14.1. The average molecular weight is 406 g/mol. The lowest BCUT2D eigenvalue weighted by Crippen LogP contribution is -2.22. The lowest BCUT2D eigenvalue weighted by molar-refractivity contribution is 0.630. The molecule has 0 aliphatic rings. The first-order chi connectivity index (χ1) is 9.11. The van der Waals surface area contributed by atoms with Crippen LogP contribution in [0.1, 0.15) is 24.1 Å². The van der Waals surface area contributed by atoms with Gasteiger partial charge in [-0.3, -0.25) is 0 Å². The molecule has 19 heavy (non-hydrogen) atoms. The van der Waals surface area contributed by atoms with E-state index in [1.165, 1.54) is 0 Å². The molecule has 0 heterocycles. The first-order valence-electron chi connectivity index (χ1n) is 6.05. The Kier molecular flexibility index (Phi) is 5.51. The minimum atomic E-state index is 0.109. The molecule has 0 fully saturated rings. The lowest BCUT2D eigenvalue weighted by atomic mass is 9.99. The third-order valence-electron chi connectivity index (χ3n) is 2.87. The standard InChI is InChI=1S/C15H14Cl2IN/c1-2-19-15(10-4-3-5-12(16)8-10)11-6-7-14(18)13(17)9-11/h3-9,15,19H,2H2,1H3. The van der Waals surface area contributed by atoms with E-state index < -0.39 is 0 Å². The topological polar surface area (TPSA) is 12.0 Å². The SMILES string of the molecule is CCNC(c1cccc(Cl)c1)c1ccc(I)c(Cl)c1. The number of nitrogens with one attached hydrogen (secondary N) is 1. The molecular formula is C15H14Cl2IN. The van der Waals surface area contributed by atoms with Crippen LogP contribution in [0, 0.1) is 3.57 Å². The van der Waals surface area contributed by atoms with Crippen molar-refractivity contribution in [1.29, 1.82) is 0 Å². The molecule has 0 aliphatic carbocycles. The van der Waals surface area contributed by atoms with Crippen LogP contribution in [-0.4, -0.2) is 6.54 Å². The monoisotopic (exact) mass is 405 g/mol.